The fraction of sp³-hybridized carbons (Fsp3) is 0.350. The topological polar surface area (TPSA) is 70.2 Å². The standard InChI is InChI=1S/C20H24BrN3O2S2/c1-14-7-12-18(23-20(27)22-16-5-3-2-4-6-16)19(13-14)28(25,26)24-17-10-8-15(21)9-11-17/h7-13,16,24H,2-6H2,1H3,(H2,22,23,27). The molecule has 0 bridgehead atoms. The van der Waals surface area contributed by atoms with E-state index in [1.807, 2.05) is 13.0 Å². The molecule has 28 heavy (non-hydrogen) atoms. The van der Waals surface area contributed by atoms with E-state index in [1.54, 1.807) is 36.4 Å². The van der Waals surface area contributed by atoms with Gasteiger partial charge in [-0.1, -0.05) is 41.3 Å². The maximum atomic E-state index is 13.0. The third kappa shape index (κ3) is 5.68. The molecular formula is C20H24BrN3O2S2. The summed E-state index contributed by atoms with van der Waals surface area (Å²) in [5.74, 6) is 0. The lowest BCUT2D eigenvalue weighted by Gasteiger charge is -2.25. The molecule has 2 aromatic carbocycles. The quantitative estimate of drug-likeness (QED) is 0.513. The molecule has 3 N–H and O–H groups in total. The first kappa shape index (κ1) is 21.1. The Morgan fingerprint density at radius 3 is 2.43 bits per heavy atom. The van der Waals surface area contributed by atoms with Crippen LogP contribution < -0.4 is 15.4 Å². The molecule has 8 heteroatoms. The molecule has 0 unspecified atom stereocenters. The summed E-state index contributed by atoms with van der Waals surface area (Å²) in [5.41, 5.74) is 1.81. The number of rotatable bonds is 5. The number of hydrogen-bond acceptors (Lipinski definition) is 3. The van der Waals surface area contributed by atoms with Gasteiger partial charge in [0.15, 0.2) is 5.11 Å². The van der Waals surface area contributed by atoms with Gasteiger partial charge in [-0.15, -0.1) is 0 Å². The smallest absolute Gasteiger partial charge is 0.263 e. The van der Waals surface area contributed by atoms with Crippen molar-refractivity contribution in [1.82, 2.24) is 5.32 Å². The minimum absolute atomic E-state index is 0.170. The molecule has 0 aromatic heterocycles. The molecule has 0 spiro atoms. The highest BCUT2D eigenvalue weighted by molar-refractivity contribution is 9.10. The van der Waals surface area contributed by atoms with Crippen molar-refractivity contribution in [3.63, 3.8) is 0 Å². The third-order valence-corrected chi connectivity index (χ3v) is 6.88. The Kier molecular flexibility index (Phi) is 6.95. The van der Waals surface area contributed by atoms with Crippen LogP contribution in [0.4, 0.5) is 11.4 Å². The number of anilines is 2. The van der Waals surface area contributed by atoms with E-state index in [1.165, 1.54) is 19.3 Å². The van der Waals surface area contributed by atoms with Crippen LogP contribution in [0.1, 0.15) is 37.7 Å². The van der Waals surface area contributed by atoms with E-state index in [9.17, 15) is 8.42 Å². The van der Waals surface area contributed by atoms with E-state index in [0.717, 1.165) is 22.9 Å². The van der Waals surface area contributed by atoms with Crippen molar-refractivity contribution in [3.8, 4) is 0 Å². The highest BCUT2D eigenvalue weighted by atomic mass is 79.9. The number of benzene rings is 2. The first-order chi connectivity index (χ1) is 13.3. The van der Waals surface area contributed by atoms with Gasteiger partial charge in [-0.25, -0.2) is 8.42 Å². The van der Waals surface area contributed by atoms with Crippen molar-refractivity contribution in [1.29, 1.82) is 0 Å². The number of hydrogen-bond donors (Lipinski definition) is 3. The normalized spacial score (nSPS) is 15.1. The van der Waals surface area contributed by atoms with Crippen molar-refractivity contribution >= 4 is 54.7 Å². The van der Waals surface area contributed by atoms with Gasteiger partial charge in [-0.3, -0.25) is 4.72 Å². The average molecular weight is 482 g/mol. The largest absolute Gasteiger partial charge is 0.360 e. The fourth-order valence-electron chi connectivity index (χ4n) is 3.27. The zero-order valence-electron chi connectivity index (χ0n) is 15.7. The highest BCUT2D eigenvalue weighted by Gasteiger charge is 2.21. The Morgan fingerprint density at radius 2 is 1.75 bits per heavy atom. The highest BCUT2D eigenvalue weighted by Crippen LogP contribution is 2.26. The molecule has 1 aliphatic carbocycles. The lowest BCUT2D eigenvalue weighted by Crippen LogP contribution is -2.39. The fourth-order valence-corrected chi connectivity index (χ4v) is 5.12. The number of nitrogens with one attached hydrogen (secondary N) is 3. The summed E-state index contributed by atoms with van der Waals surface area (Å²) in [7, 11) is -3.77. The first-order valence-corrected chi connectivity index (χ1v) is 12.0. The number of halogens is 1. The summed E-state index contributed by atoms with van der Waals surface area (Å²) in [6.45, 7) is 1.86. The van der Waals surface area contributed by atoms with Gasteiger partial charge in [0.2, 0.25) is 0 Å². The second-order valence-corrected chi connectivity index (χ2v) is 10.0. The molecule has 0 radical (unpaired) electrons. The summed E-state index contributed by atoms with van der Waals surface area (Å²) in [5, 5.41) is 6.85. The molecule has 0 saturated heterocycles. The van der Waals surface area contributed by atoms with E-state index in [0.29, 0.717) is 22.5 Å². The van der Waals surface area contributed by atoms with Crippen LogP contribution >= 0.6 is 28.1 Å². The van der Waals surface area contributed by atoms with Gasteiger partial charge < -0.3 is 10.6 Å². The van der Waals surface area contributed by atoms with Crippen molar-refractivity contribution in [3.05, 3.63) is 52.5 Å². The van der Waals surface area contributed by atoms with E-state index in [2.05, 4.69) is 31.3 Å². The van der Waals surface area contributed by atoms with E-state index in [-0.39, 0.29) is 4.90 Å². The van der Waals surface area contributed by atoms with Crippen LogP contribution in [0.25, 0.3) is 0 Å². The molecule has 1 saturated carbocycles. The molecule has 0 amide bonds. The lowest BCUT2D eigenvalue weighted by atomic mass is 9.96. The van der Waals surface area contributed by atoms with Crippen LogP contribution in [0.3, 0.4) is 0 Å². The summed E-state index contributed by atoms with van der Waals surface area (Å²) >= 11 is 8.78. The second kappa shape index (κ2) is 9.24. The molecule has 3 rings (SSSR count). The molecule has 150 valence electrons. The van der Waals surface area contributed by atoms with Gasteiger partial charge in [-0.05, 0) is 73.9 Å². The Balaban J connectivity index is 1.79. The van der Waals surface area contributed by atoms with Crippen LogP contribution in [0.2, 0.25) is 0 Å². The summed E-state index contributed by atoms with van der Waals surface area (Å²) in [6, 6.07) is 12.6. The van der Waals surface area contributed by atoms with Crippen molar-refractivity contribution in [2.45, 2.75) is 50.0 Å². The molecule has 5 nitrogen and oxygen atoms in total. The maximum absolute atomic E-state index is 13.0. The van der Waals surface area contributed by atoms with Gasteiger partial charge in [0.1, 0.15) is 4.90 Å². The lowest BCUT2D eigenvalue weighted by molar-refractivity contribution is 0.415. The van der Waals surface area contributed by atoms with Gasteiger partial charge in [-0.2, -0.15) is 0 Å². The van der Waals surface area contributed by atoms with Crippen LogP contribution in [-0.4, -0.2) is 19.6 Å². The molecular weight excluding hydrogens is 458 g/mol. The zero-order valence-corrected chi connectivity index (χ0v) is 18.9. The average Bonchev–Trinajstić information content (AvgIpc) is 2.65. The molecule has 1 fully saturated rings. The van der Waals surface area contributed by atoms with Crippen LogP contribution in [-0.2, 0) is 10.0 Å². The third-order valence-electron chi connectivity index (χ3n) is 4.71. The van der Waals surface area contributed by atoms with Crippen LogP contribution in [0, 0.1) is 6.92 Å². The van der Waals surface area contributed by atoms with Crippen molar-refractivity contribution in [2.24, 2.45) is 0 Å². The Bertz CT molecular complexity index is 940. The van der Waals surface area contributed by atoms with Gasteiger partial charge >= 0.3 is 0 Å². The van der Waals surface area contributed by atoms with Crippen molar-refractivity contribution < 1.29 is 8.42 Å². The minimum atomic E-state index is -3.77. The Morgan fingerprint density at radius 1 is 1.07 bits per heavy atom. The minimum Gasteiger partial charge on any atom is -0.360 e. The molecule has 0 atom stereocenters. The van der Waals surface area contributed by atoms with Crippen molar-refractivity contribution in [2.75, 3.05) is 10.0 Å². The van der Waals surface area contributed by atoms with E-state index >= 15 is 0 Å². The molecule has 0 aliphatic heterocycles. The first-order valence-electron chi connectivity index (χ1n) is 9.30. The van der Waals surface area contributed by atoms with Gasteiger partial charge in [0.05, 0.1) is 5.69 Å². The van der Waals surface area contributed by atoms with Crippen LogP contribution in [0.5, 0.6) is 0 Å². The van der Waals surface area contributed by atoms with E-state index in [4.69, 9.17) is 12.2 Å². The maximum Gasteiger partial charge on any atom is 0.263 e. The number of aryl methyl sites for hydroxylation is 1. The predicted octanol–water partition coefficient (Wildman–Crippen LogP) is 5.18. The summed E-state index contributed by atoms with van der Waals surface area (Å²) in [6.07, 6.45) is 5.83. The monoisotopic (exact) mass is 481 g/mol. The molecule has 1 aliphatic rings. The number of sulfonamides is 1. The predicted molar refractivity (Wildman–Crippen MR) is 122 cm³/mol. The number of thiocarbonyl (C=S) groups is 1. The zero-order chi connectivity index (χ0) is 20.1. The Hall–Kier alpha value is -1.64. The van der Waals surface area contributed by atoms with Gasteiger partial charge in [0.25, 0.3) is 10.0 Å². The summed E-state index contributed by atoms with van der Waals surface area (Å²) in [4.78, 5) is 0.170. The molecule has 2 aromatic rings. The Labute approximate surface area is 180 Å². The van der Waals surface area contributed by atoms with Crippen LogP contribution in [0.15, 0.2) is 51.8 Å². The second-order valence-electron chi connectivity index (χ2n) is 7.05. The van der Waals surface area contributed by atoms with E-state index < -0.39 is 10.0 Å². The SMILES string of the molecule is Cc1ccc(NC(=S)NC2CCCCC2)c(S(=O)(=O)Nc2ccc(Br)cc2)c1. The summed E-state index contributed by atoms with van der Waals surface area (Å²) < 4.78 is 29.5. The molecule has 0 heterocycles. The van der Waals surface area contributed by atoms with Gasteiger partial charge in [0, 0.05) is 16.2 Å².